The van der Waals surface area contributed by atoms with Gasteiger partial charge in [0.25, 0.3) is 0 Å². The van der Waals surface area contributed by atoms with Crippen LogP contribution in [0.1, 0.15) is 27.7 Å². The third kappa shape index (κ3) is 3.15. The number of nitrogens with zero attached hydrogens (tertiary/aromatic N) is 1. The van der Waals surface area contributed by atoms with Gasteiger partial charge in [-0.15, -0.1) is 0 Å². The van der Waals surface area contributed by atoms with Crippen molar-refractivity contribution in [1.29, 1.82) is 0 Å². The quantitative estimate of drug-likeness (QED) is 0.775. The lowest BCUT2D eigenvalue weighted by Crippen LogP contribution is -2.48. The molecule has 16 heavy (non-hydrogen) atoms. The average Bonchev–Trinajstić information content (AvgIpc) is 2.13. The van der Waals surface area contributed by atoms with Crippen LogP contribution in [-0.2, 0) is 4.84 Å². The Morgan fingerprint density at radius 1 is 1.31 bits per heavy atom. The minimum Gasteiger partial charge on any atom is -0.387 e. The lowest BCUT2D eigenvalue weighted by Gasteiger charge is -2.36. The first-order valence-corrected chi connectivity index (χ1v) is 4.99. The molecule has 0 aliphatic heterocycles. The van der Waals surface area contributed by atoms with Crippen LogP contribution in [0, 0.1) is 5.82 Å². The first kappa shape index (κ1) is 12.9. The molecule has 1 heterocycles. The number of aliphatic hydroxyl groups is 1. The third-order valence-corrected chi connectivity index (χ3v) is 2.60. The number of pyridine rings is 1. The first-order valence-electron chi connectivity index (χ1n) is 4.99. The van der Waals surface area contributed by atoms with E-state index in [9.17, 15) is 9.50 Å². The zero-order valence-electron chi connectivity index (χ0n) is 9.91. The molecule has 0 radical (unpaired) electrons. The molecule has 1 rings (SSSR count). The van der Waals surface area contributed by atoms with Crippen LogP contribution in [0.2, 0.25) is 0 Å². The van der Waals surface area contributed by atoms with Crippen molar-refractivity contribution in [3.8, 4) is 0 Å². The van der Waals surface area contributed by atoms with Crippen molar-refractivity contribution in [3.05, 3.63) is 24.3 Å². The normalized spacial score (nSPS) is 12.6. The third-order valence-electron chi connectivity index (χ3n) is 2.60. The van der Waals surface area contributed by atoms with E-state index in [4.69, 9.17) is 4.84 Å². The van der Waals surface area contributed by atoms with Crippen LogP contribution in [-0.4, -0.2) is 21.3 Å². The SMILES string of the molecule is CC(C)(O)C(C)(C)ONc1cncc(F)c1. The van der Waals surface area contributed by atoms with Crippen LogP contribution in [0.15, 0.2) is 18.5 Å². The van der Waals surface area contributed by atoms with Gasteiger partial charge in [-0.3, -0.25) is 15.3 Å². The summed E-state index contributed by atoms with van der Waals surface area (Å²) in [5, 5.41) is 9.82. The highest BCUT2D eigenvalue weighted by Crippen LogP contribution is 2.25. The topological polar surface area (TPSA) is 54.4 Å². The molecule has 2 N–H and O–H groups in total. The van der Waals surface area contributed by atoms with E-state index in [1.165, 1.54) is 12.3 Å². The molecular formula is C11H17FN2O2. The summed E-state index contributed by atoms with van der Waals surface area (Å²) in [4.78, 5) is 9.00. The van der Waals surface area contributed by atoms with Gasteiger partial charge in [0.1, 0.15) is 11.4 Å². The van der Waals surface area contributed by atoms with Crippen molar-refractivity contribution in [2.75, 3.05) is 5.48 Å². The molecular weight excluding hydrogens is 211 g/mol. The van der Waals surface area contributed by atoms with E-state index in [0.29, 0.717) is 5.69 Å². The first-order chi connectivity index (χ1) is 7.22. The molecule has 0 aliphatic rings. The summed E-state index contributed by atoms with van der Waals surface area (Å²) in [7, 11) is 0. The van der Waals surface area contributed by atoms with Gasteiger partial charge in [-0.25, -0.2) is 4.39 Å². The zero-order valence-corrected chi connectivity index (χ0v) is 9.91. The highest BCUT2D eigenvalue weighted by molar-refractivity contribution is 5.37. The monoisotopic (exact) mass is 228 g/mol. The van der Waals surface area contributed by atoms with E-state index in [0.717, 1.165) is 6.20 Å². The average molecular weight is 228 g/mol. The Morgan fingerprint density at radius 3 is 2.44 bits per heavy atom. The Bertz CT molecular complexity index is 361. The molecule has 0 saturated heterocycles. The van der Waals surface area contributed by atoms with Crippen molar-refractivity contribution < 1.29 is 14.3 Å². The van der Waals surface area contributed by atoms with Gasteiger partial charge in [0, 0.05) is 6.07 Å². The number of hydrogen-bond acceptors (Lipinski definition) is 4. The number of aromatic nitrogens is 1. The molecule has 0 amide bonds. The number of rotatable bonds is 4. The van der Waals surface area contributed by atoms with Crippen LogP contribution < -0.4 is 5.48 Å². The van der Waals surface area contributed by atoms with E-state index < -0.39 is 17.0 Å². The van der Waals surface area contributed by atoms with Crippen molar-refractivity contribution in [3.63, 3.8) is 0 Å². The molecule has 0 spiro atoms. The molecule has 0 unspecified atom stereocenters. The maximum absolute atomic E-state index is 12.8. The Kier molecular flexibility index (Phi) is 3.50. The number of nitrogens with one attached hydrogen (secondary N) is 1. The van der Waals surface area contributed by atoms with Gasteiger partial charge in [-0.1, -0.05) is 0 Å². The maximum Gasteiger partial charge on any atom is 0.143 e. The van der Waals surface area contributed by atoms with Crippen molar-refractivity contribution >= 4 is 5.69 Å². The summed E-state index contributed by atoms with van der Waals surface area (Å²) in [5.74, 6) is -0.449. The summed E-state index contributed by atoms with van der Waals surface area (Å²) in [6.45, 7) is 6.73. The van der Waals surface area contributed by atoms with Gasteiger partial charge in [-0.05, 0) is 27.7 Å². The maximum atomic E-state index is 12.8. The van der Waals surface area contributed by atoms with E-state index in [2.05, 4.69) is 10.5 Å². The molecule has 90 valence electrons. The standard InChI is InChI=1S/C11H17FN2O2/c1-10(2,15)11(3,4)16-14-9-5-8(12)6-13-7-9/h5-7,14-15H,1-4H3. The molecule has 0 bridgehead atoms. The van der Waals surface area contributed by atoms with Crippen LogP contribution in [0.5, 0.6) is 0 Å². The Balaban J connectivity index is 2.65. The fourth-order valence-corrected chi connectivity index (χ4v) is 0.779. The second-order valence-corrected chi connectivity index (χ2v) is 4.67. The van der Waals surface area contributed by atoms with Gasteiger partial charge in [0.05, 0.1) is 23.7 Å². The highest BCUT2D eigenvalue weighted by Gasteiger charge is 2.37. The van der Waals surface area contributed by atoms with Gasteiger partial charge >= 0.3 is 0 Å². The molecule has 1 aromatic rings. The molecule has 0 fully saturated rings. The predicted octanol–water partition coefficient (Wildman–Crippen LogP) is 2.11. The minimum atomic E-state index is -1.03. The van der Waals surface area contributed by atoms with Crippen LogP contribution in [0.3, 0.4) is 0 Å². The second-order valence-electron chi connectivity index (χ2n) is 4.67. The summed E-state index contributed by atoms with van der Waals surface area (Å²) >= 11 is 0. The second kappa shape index (κ2) is 4.35. The summed E-state index contributed by atoms with van der Waals surface area (Å²) in [6.07, 6.45) is 2.54. The van der Waals surface area contributed by atoms with E-state index >= 15 is 0 Å². The van der Waals surface area contributed by atoms with Crippen LogP contribution in [0.4, 0.5) is 10.1 Å². The van der Waals surface area contributed by atoms with Gasteiger partial charge < -0.3 is 5.11 Å². The van der Waals surface area contributed by atoms with E-state index in [-0.39, 0.29) is 0 Å². The van der Waals surface area contributed by atoms with E-state index in [1.807, 2.05) is 0 Å². The Hall–Kier alpha value is -1.20. The number of anilines is 1. The lowest BCUT2D eigenvalue weighted by molar-refractivity contribution is -0.130. The summed E-state index contributed by atoms with van der Waals surface area (Å²) in [6, 6.07) is 1.26. The largest absolute Gasteiger partial charge is 0.387 e. The summed E-state index contributed by atoms with van der Waals surface area (Å²) < 4.78 is 12.8. The Labute approximate surface area is 94.4 Å². The van der Waals surface area contributed by atoms with Crippen molar-refractivity contribution in [2.24, 2.45) is 0 Å². The fourth-order valence-electron chi connectivity index (χ4n) is 0.779. The lowest BCUT2D eigenvalue weighted by atomic mass is 9.90. The van der Waals surface area contributed by atoms with Gasteiger partial charge in [-0.2, -0.15) is 0 Å². The molecule has 0 aliphatic carbocycles. The van der Waals surface area contributed by atoms with Gasteiger partial charge in [0.2, 0.25) is 0 Å². The smallest absolute Gasteiger partial charge is 0.143 e. The Morgan fingerprint density at radius 2 is 1.94 bits per heavy atom. The van der Waals surface area contributed by atoms with Crippen LogP contribution in [0.25, 0.3) is 0 Å². The summed E-state index contributed by atoms with van der Waals surface area (Å²) in [5.41, 5.74) is 1.12. The predicted molar refractivity (Wildman–Crippen MR) is 59.3 cm³/mol. The minimum absolute atomic E-state index is 0.400. The molecule has 4 nitrogen and oxygen atoms in total. The molecule has 1 aromatic heterocycles. The van der Waals surface area contributed by atoms with Crippen LogP contribution >= 0.6 is 0 Å². The van der Waals surface area contributed by atoms with Gasteiger partial charge in [0.15, 0.2) is 0 Å². The fraction of sp³-hybridized carbons (Fsp3) is 0.545. The molecule has 0 saturated carbocycles. The molecule has 5 heteroatoms. The van der Waals surface area contributed by atoms with Crippen molar-refractivity contribution in [2.45, 2.75) is 38.9 Å². The van der Waals surface area contributed by atoms with E-state index in [1.54, 1.807) is 27.7 Å². The van der Waals surface area contributed by atoms with Crippen molar-refractivity contribution in [1.82, 2.24) is 4.98 Å². The molecule has 0 atom stereocenters. The molecule has 0 aromatic carbocycles. The highest BCUT2D eigenvalue weighted by atomic mass is 19.1. The zero-order chi connectivity index (χ0) is 12.4. The number of hydrogen-bond donors (Lipinski definition) is 2. The number of halogens is 1.